The lowest BCUT2D eigenvalue weighted by Gasteiger charge is -2.04. The quantitative estimate of drug-likeness (QED) is 0.703. The molecule has 0 radical (unpaired) electrons. The van der Waals surface area contributed by atoms with E-state index in [9.17, 15) is 9.18 Å². The SMILES string of the molecule is CCCn1cc(C(F)C(=O)OCC)cn1. The number of aromatic nitrogens is 2. The Hall–Kier alpha value is -1.39. The summed E-state index contributed by atoms with van der Waals surface area (Å²) in [6.45, 7) is 4.54. The van der Waals surface area contributed by atoms with Gasteiger partial charge in [0.25, 0.3) is 0 Å². The maximum Gasteiger partial charge on any atom is 0.345 e. The molecule has 1 rings (SSSR count). The van der Waals surface area contributed by atoms with Gasteiger partial charge >= 0.3 is 5.97 Å². The summed E-state index contributed by atoms with van der Waals surface area (Å²) in [5.41, 5.74) is 0.252. The van der Waals surface area contributed by atoms with E-state index < -0.39 is 12.1 Å². The zero-order valence-electron chi connectivity index (χ0n) is 8.94. The van der Waals surface area contributed by atoms with E-state index in [0.717, 1.165) is 13.0 Å². The average molecular weight is 214 g/mol. The third-order valence-corrected chi connectivity index (χ3v) is 1.89. The molecule has 0 amide bonds. The molecule has 0 saturated carbocycles. The van der Waals surface area contributed by atoms with Crippen molar-refractivity contribution in [1.82, 2.24) is 9.78 Å². The summed E-state index contributed by atoms with van der Waals surface area (Å²) in [5, 5.41) is 3.94. The van der Waals surface area contributed by atoms with Crippen LogP contribution in [0.25, 0.3) is 0 Å². The number of alkyl halides is 1. The summed E-state index contributed by atoms with van der Waals surface area (Å²) in [5.74, 6) is -0.853. The van der Waals surface area contributed by atoms with Gasteiger partial charge in [-0.3, -0.25) is 4.68 Å². The summed E-state index contributed by atoms with van der Waals surface area (Å²) in [7, 11) is 0. The Labute approximate surface area is 88.0 Å². The second-order valence-corrected chi connectivity index (χ2v) is 3.15. The molecule has 1 heterocycles. The number of halogens is 1. The highest BCUT2D eigenvalue weighted by Gasteiger charge is 2.22. The van der Waals surface area contributed by atoms with Crippen molar-refractivity contribution in [2.75, 3.05) is 6.61 Å². The fourth-order valence-corrected chi connectivity index (χ4v) is 1.21. The summed E-state index contributed by atoms with van der Waals surface area (Å²) in [4.78, 5) is 11.1. The van der Waals surface area contributed by atoms with Crippen molar-refractivity contribution in [3.63, 3.8) is 0 Å². The van der Waals surface area contributed by atoms with Crippen LogP contribution in [0.5, 0.6) is 0 Å². The fraction of sp³-hybridized carbons (Fsp3) is 0.600. The number of carbonyl (C=O) groups excluding carboxylic acids is 1. The zero-order valence-corrected chi connectivity index (χ0v) is 8.94. The first kappa shape index (κ1) is 11.7. The molecule has 0 aliphatic carbocycles. The second-order valence-electron chi connectivity index (χ2n) is 3.15. The van der Waals surface area contributed by atoms with Gasteiger partial charge in [-0.15, -0.1) is 0 Å². The van der Waals surface area contributed by atoms with Gasteiger partial charge in [0, 0.05) is 18.3 Å². The molecule has 0 saturated heterocycles. The Balaban J connectivity index is 2.64. The van der Waals surface area contributed by atoms with Gasteiger partial charge in [-0.2, -0.15) is 5.10 Å². The molecule has 0 aliphatic rings. The number of hydrogen-bond donors (Lipinski definition) is 0. The van der Waals surface area contributed by atoms with E-state index >= 15 is 0 Å². The third kappa shape index (κ3) is 3.04. The highest BCUT2D eigenvalue weighted by molar-refractivity contribution is 5.76. The van der Waals surface area contributed by atoms with Crippen LogP contribution in [0.4, 0.5) is 4.39 Å². The molecule has 0 aromatic carbocycles. The van der Waals surface area contributed by atoms with E-state index in [1.807, 2.05) is 6.92 Å². The average Bonchev–Trinajstić information content (AvgIpc) is 2.66. The van der Waals surface area contributed by atoms with Crippen molar-refractivity contribution in [2.45, 2.75) is 33.0 Å². The Kier molecular flexibility index (Phi) is 4.27. The predicted molar refractivity (Wildman–Crippen MR) is 53.0 cm³/mol. The van der Waals surface area contributed by atoms with Crippen molar-refractivity contribution in [1.29, 1.82) is 0 Å². The molecule has 0 bridgehead atoms. The van der Waals surface area contributed by atoms with Crippen molar-refractivity contribution in [3.8, 4) is 0 Å². The van der Waals surface area contributed by atoms with Gasteiger partial charge < -0.3 is 4.74 Å². The molecule has 1 unspecified atom stereocenters. The lowest BCUT2D eigenvalue weighted by atomic mass is 10.2. The molecule has 0 aliphatic heterocycles. The first-order chi connectivity index (χ1) is 7.19. The van der Waals surface area contributed by atoms with Crippen LogP contribution in [0.3, 0.4) is 0 Å². The standard InChI is InChI=1S/C10H15FN2O2/c1-3-5-13-7-8(6-12-13)9(11)10(14)15-4-2/h6-7,9H,3-5H2,1-2H3. The minimum absolute atomic E-state index is 0.183. The fourth-order valence-electron chi connectivity index (χ4n) is 1.21. The van der Waals surface area contributed by atoms with E-state index in [0.29, 0.717) is 0 Å². The maximum absolute atomic E-state index is 13.4. The molecule has 0 N–H and O–H groups in total. The summed E-state index contributed by atoms with van der Waals surface area (Å²) in [6, 6.07) is 0. The smallest absolute Gasteiger partial charge is 0.345 e. The van der Waals surface area contributed by atoms with Gasteiger partial charge in [-0.1, -0.05) is 6.92 Å². The molecule has 1 aromatic rings. The summed E-state index contributed by atoms with van der Waals surface area (Å²) >= 11 is 0. The van der Waals surface area contributed by atoms with Crippen LogP contribution in [0, 0.1) is 0 Å². The van der Waals surface area contributed by atoms with Crippen LogP contribution in [0.15, 0.2) is 12.4 Å². The van der Waals surface area contributed by atoms with Gasteiger partial charge in [0.2, 0.25) is 6.17 Å². The Morgan fingerprint density at radius 1 is 1.67 bits per heavy atom. The van der Waals surface area contributed by atoms with Crippen molar-refractivity contribution in [2.24, 2.45) is 0 Å². The molecule has 84 valence electrons. The van der Waals surface area contributed by atoms with Crippen LogP contribution in [-0.4, -0.2) is 22.4 Å². The number of rotatable bonds is 5. The van der Waals surface area contributed by atoms with Crippen LogP contribution in [-0.2, 0) is 16.1 Å². The number of nitrogens with zero attached hydrogens (tertiary/aromatic N) is 2. The summed E-state index contributed by atoms with van der Waals surface area (Å²) in [6.07, 6.45) is 2.08. The highest BCUT2D eigenvalue weighted by Crippen LogP contribution is 2.18. The number of esters is 1. The molecular weight excluding hydrogens is 199 g/mol. The molecular formula is C10H15FN2O2. The topological polar surface area (TPSA) is 44.1 Å². The van der Waals surface area contributed by atoms with E-state index in [1.165, 1.54) is 12.4 Å². The molecule has 5 heteroatoms. The molecule has 15 heavy (non-hydrogen) atoms. The Morgan fingerprint density at radius 3 is 3.00 bits per heavy atom. The van der Waals surface area contributed by atoms with Crippen molar-refractivity contribution >= 4 is 5.97 Å². The third-order valence-electron chi connectivity index (χ3n) is 1.89. The van der Waals surface area contributed by atoms with E-state index in [-0.39, 0.29) is 12.2 Å². The van der Waals surface area contributed by atoms with Crippen LogP contribution < -0.4 is 0 Å². The molecule has 4 nitrogen and oxygen atoms in total. The Morgan fingerprint density at radius 2 is 2.40 bits per heavy atom. The second kappa shape index (κ2) is 5.48. The highest BCUT2D eigenvalue weighted by atomic mass is 19.1. The van der Waals surface area contributed by atoms with Crippen LogP contribution in [0.2, 0.25) is 0 Å². The number of aryl methyl sites for hydroxylation is 1. The first-order valence-electron chi connectivity index (χ1n) is 5.02. The molecule has 0 spiro atoms. The van der Waals surface area contributed by atoms with Gasteiger partial charge in [0.15, 0.2) is 0 Å². The van der Waals surface area contributed by atoms with Crippen LogP contribution >= 0.6 is 0 Å². The monoisotopic (exact) mass is 214 g/mol. The molecule has 1 aromatic heterocycles. The van der Waals surface area contributed by atoms with E-state index in [4.69, 9.17) is 0 Å². The normalized spacial score (nSPS) is 12.5. The Bertz CT molecular complexity index is 325. The minimum Gasteiger partial charge on any atom is -0.464 e. The molecule has 1 atom stereocenters. The van der Waals surface area contributed by atoms with E-state index in [2.05, 4.69) is 9.84 Å². The zero-order chi connectivity index (χ0) is 11.3. The largest absolute Gasteiger partial charge is 0.464 e. The summed E-state index contributed by atoms with van der Waals surface area (Å²) < 4.78 is 19.6. The lowest BCUT2D eigenvalue weighted by molar-refractivity contribution is -0.149. The number of hydrogen-bond acceptors (Lipinski definition) is 3. The number of carbonyl (C=O) groups is 1. The van der Waals surface area contributed by atoms with Gasteiger partial charge in [0.05, 0.1) is 12.8 Å². The lowest BCUT2D eigenvalue weighted by Crippen LogP contribution is -2.11. The van der Waals surface area contributed by atoms with Crippen molar-refractivity contribution < 1.29 is 13.9 Å². The van der Waals surface area contributed by atoms with Gasteiger partial charge in [-0.25, -0.2) is 9.18 Å². The van der Waals surface area contributed by atoms with E-state index in [1.54, 1.807) is 11.6 Å². The van der Waals surface area contributed by atoms with Gasteiger partial charge in [-0.05, 0) is 13.3 Å². The minimum atomic E-state index is -1.73. The predicted octanol–water partition coefficient (Wildman–Crippen LogP) is 1.87. The maximum atomic E-state index is 13.4. The van der Waals surface area contributed by atoms with Crippen molar-refractivity contribution in [3.05, 3.63) is 18.0 Å². The number of ether oxygens (including phenoxy) is 1. The van der Waals surface area contributed by atoms with Gasteiger partial charge in [0.1, 0.15) is 0 Å². The molecule has 0 fully saturated rings. The first-order valence-corrected chi connectivity index (χ1v) is 5.02. The van der Waals surface area contributed by atoms with Crippen LogP contribution in [0.1, 0.15) is 32.0 Å².